The van der Waals surface area contributed by atoms with Gasteiger partial charge in [0.1, 0.15) is 5.75 Å². The molecule has 0 aromatic carbocycles. The van der Waals surface area contributed by atoms with Crippen LogP contribution in [0.25, 0.3) is 0 Å². The van der Waals surface area contributed by atoms with Gasteiger partial charge in [-0.2, -0.15) is 0 Å². The van der Waals surface area contributed by atoms with Gasteiger partial charge in [0, 0.05) is 6.07 Å². The maximum atomic E-state index is 11.3. The third kappa shape index (κ3) is 3.75. The minimum atomic E-state index is -3.25. The van der Waals surface area contributed by atoms with E-state index in [0.717, 1.165) is 0 Å². The molecule has 0 amide bonds. The van der Waals surface area contributed by atoms with Crippen molar-refractivity contribution in [2.24, 2.45) is 0 Å². The molecule has 0 aliphatic rings. The number of pyridine rings is 1. The topological polar surface area (TPSA) is 68.3 Å². The molecule has 84 valence electrons. The summed E-state index contributed by atoms with van der Waals surface area (Å²) in [6.07, 6.45) is 2.98. The van der Waals surface area contributed by atoms with E-state index in [1.807, 2.05) is 6.92 Å². The molecule has 1 N–H and O–H groups in total. The molecule has 1 aromatic heterocycles. The largest absolute Gasteiger partial charge is 0.492 e. The number of aromatic nitrogens is 1. The highest BCUT2D eigenvalue weighted by molar-refractivity contribution is 7.92. The van der Waals surface area contributed by atoms with Crippen molar-refractivity contribution in [2.75, 3.05) is 17.1 Å². The van der Waals surface area contributed by atoms with Crippen LogP contribution in [0.5, 0.6) is 5.75 Å². The van der Waals surface area contributed by atoms with E-state index >= 15 is 0 Å². The Balaban J connectivity index is 2.82. The number of rotatable bonds is 5. The molecule has 1 heterocycles. The van der Waals surface area contributed by atoms with Gasteiger partial charge in [0.15, 0.2) is 0 Å². The molecule has 1 rings (SSSR count). The third-order valence-electron chi connectivity index (χ3n) is 1.68. The second kappa shape index (κ2) is 4.97. The maximum absolute atomic E-state index is 11.3. The lowest BCUT2D eigenvalue weighted by Gasteiger charge is -2.07. The van der Waals surface area contributed by atoms with Crippen molar-refractivity contribution < 1.29 is 13.2 Å². The number of sulfonamides is 1. The Hall–Kier alpha value is -1.30. The molecule has 0 radical (unpaired) electrons. The molecule has 0 saturated carbocycles. The predicted octanol–water partition coefficient (Wildman–Crippen LogP) is 1.24. The molecule has 0 saturated heterocycles. The quantitative estimate of drug-likeness (QED) is 0.826. The van der Waals surface area contributed by atoms with Crippen LogP contribution < -0.4 is 9.46 Å². The summed E-state index contributed by atoms with van der Waals surface area (Å²) >= 11 is 0. The Labute approximate surface area is 89.5 Å². The van der Waals surface area contributed by atoms with E-state index < -0.39 is 10.0 Å². The van der Waals surface area contributed by atoms with Crippen LogP contribution in [0.3, 0.4) is 0 Å². The average Bonchev–Trinajstić information content (AvgIpc) is 2.18. The first-order chi connectivity index (χ1) is 7.07. The molecule has 0 atom stereocenters. The summed E-state index contributed by atoms with van der Waals surface area (Å²) in [7, 11) is -3.25. The van der Waals surface area contributed by atoms with Gasteiger partial charge in [-0.3, -0.25) is 9.71 Å². The Bertz CT molecular complexity index is 417. The predicted molar refractivity (Wildman–Crippen MR) is 58.5 cm³/mol. The summed E-state index contributed by atoms with van der Waals surface area (Å²) < 4.78 is 30.1. The Morgan fingerprint density at radius 1 is 1.40 bits per heavy atom. The van der Waals surface area contributed by atoms with E-state index in [4.69, 9.17) is 4.74 Å². The van der Waals surface area contributed by atoms with E-state index in [9.17, 15) is 8.42 Å². The molecule has 5 nitrogen and oxygen atoms in total. The summed E-state index contributed by atoms with van der Waals surface area (Å²) in [5.41, 5.74) is 0.419. The smallest absolute Gasteiger partial charge is 0.232 e. The number of nitrogens with zero attached hydrogens (tertiary/aromatic N) is 1. The van der Waals surface area contributed by atoms with E-state index in [1.54, 1.807) is 13.0 Å². The van der Waals surface area contributed by atoms with E-state index in [1.165, 1.54) is 12.4 Å². The Morgan fingerprint density at radius 3 is 2.73 bits per heavy atom. The minimum Gasteiger partial charge on any atom is -0.492 e. The highest BCUT2D eigenvalue weighted by atomic mass is 32.2. The second-order valence-corrected chi connectivity index (χ2v) is 4.86. The summed E-state index contributed by atoms with van der Waals surface area (Å²) in [5.74, 6) is 0.583. The van der Waals surface area contributed by atoms with Gasteiger partial charge in [-0.15, -0.1) is 0 Å². The third-order valence-corrected chi connectivity index (χ3v) is 2.98. The summed E-state index contributed by atoms with van der Waals surface area (Å²) in [6.45, 7) is 3.94. The van der Waals surface area contributed by atoms with Crippen LogP contribution in [0.1, 0.15) is 13.8 Å². The van der Waals surface area contributed by atoms with Gasteiger partial charge in [0.25, 0.3) is 0 Å². The highest BCUT2D eigenvalue weighted by Crippen LogP contribution is 2.16. The number of anilines is 1. The van der Waals surface area contributed by atoms with Crippen LogP contribution in [-0.4, -0.2) is 25.8 Å². The molecule has 0 bridgehead atoms. The van der Waals surface area contributed by atoms with E-state index in [0.29, 0.717) is 18.0 Å². The zero-order chi connectivity index (χ0) is 11.3. The second-order valence-electron chi connectivity index (χ2n) is 2.85. The van der Waals surface area contributed by atoms with Crippen LogP contribution in [0.15, 0.2) is 18.5 Å². The van der Waals surface area contributed by atoms with Gasteiger partial charge < -0.3 is 4.74 Å². The van der Waals surface area contributed by atoms with Crippen molar-refractivity contribution in [1.82, 2.24) is 4.98 Å². The summed E-state index contributed by atoms with van der Waals surface area (Å²) in [5, 5.41) is 0. The number of hydrogen-bond donors (Lipinski definition) is 1. The monoisotopic (exact) mass is 230 g/mol. The molecule has 0 aliphatic heterocycles. The first-order valence-electron chi connectivity index (χ1n) is 4.65. The molecule has 1 aromatic rings. The van der Waals surface area contributed by atoms with Crippen molar-refractivity contribution in [2.45, 2.75) is 13.8 Å². The SMILES string of the molecule is CCOc1cncc(NS(=O)(=O)CC)c1. The average molecular weight is 230 g/mol. The number of nitrogens with one attached hydrogen (secondary N) is 1. The van der Waals surface area contributed by atoms with Gasteiger partial charge in [-0.1, -0.05) is 0 Å². The van der Waals surface area contributed by atoms with Gasteiger partial charge >= 0.3 is 0 Å². The molecule has 0 aliphatic carbocycles. The van der Waals surface area contributed by atoms with Crippen molar-refractivity contribution >= 4 is 15.7 Å². The van der Waals surface area contributed by atoms with E-state index in [-0.39, 0.29) is 5.75 Å². The fourth-order valence-electron chi connectivity index (χ4n) is 0.972. The van der Waals surface area contributed by atoms with Crippen LogP contribution in [0.2, 0.25) is 0 Å². The number of hydrogen-bond acceptors (Lipinski definition) is 4. The fraction of sp³-hybridized carbons (Fsp3) is 0.444. The Morgan fingerprint density at radius 2 is 2.13 bits per heavy atom. The van der Waals surface area contributed by atoms with Gasteiger partial charge in [-0.05, 0) is 13.8 Å². The van der Waals surface area contributed by atoms with Crippen LogP contribution in [0.4, 0.5) is 5.69 Å². The number of ether oxygens (including phenoxy) is 1. The first-order valence-corrected chi connectivity index (χ1v) is 6.31. The summed E-state index contributed by atoms with van der Waals surface area (Å²) in [4.78, 5) is 3.87. The fourth-order valence-corrected chi connectivity index (χ4v) is 1.59. The van der Waals surface area contributed by atoms with Gasteiger partial charge in [0.2, 0.25) is 10.0 Å². The molecule has 0 spiro atoms. The van der Waals surface area contributed by atoms with Crippen LogP contribution in [-0.2, 0) is 10.0 Å². The molecular formula is C9H14N2O3S. The van der Waals surface area contributed by atoms with Crippen molar-refractivity contribution in [1.29, 1.82) is 0 Å². The Kier molecular flexibility index (Phi) is 3.90. The molecule has 15 heavy (non-hydrogen) atoms. The lowest BCUT2D eigenvalue weighted by molar-refractivity contribution is 0.339. The van der Waals surface area contributed by atoms with Crippen molar-refractivity contribution in [3.8, 4) is 5.75 Å². The van der Waals surface area contributed by atoms with E-state index in [2.05, 4.69) is 9.71 Å². The molecule has 6 heteroatoms. The van der Waals surface area contributed by atoms with Crippen molar-refractivity contribution in [3.05, 3.63) is 18.5 Å². The first kappa shape index (κ1) is 11.8. The van der Waals surface area contributed by atoms with Crippen LogP contribution in [0, 0.1) is 0 Å². The van der Waals surface area contributed by atoms with Crippen LogP contribution >= 0.6 is 0 Å². The highest BCUT2D eigenvalue weighted by Gasteiger charge is 2.07. The lowest BCUT2D eigenvalue weighted by Crippen LogP contribution is -2.14. The molecular weight excluding hydrogens is 216 g/mol. The van der Waals surface area contributed by atoms with Gasteiger partial charge in [-0.25, -0.2) is 8.42 Å². The lowest BCUT2D eigenvalue weighted by atomic mass is 10.4. The summed E-state index contributed by atoms with van der Waals surface area (Å²) in [6, 6.07) is 1.60. The maximum Gasteiger partial charge on any atom is 0.232 e. The zero-order valence-electron chi connectivity index (χ0n) is 8.73. The molecule has 0 fully saturated rings. The minimum absolute atomic E-state index is 0.0336. The van der Waals surface area contributed by atoms with Crippen molar-refractivity contribution in [3.63, 3.8) is 0 Å². The standard InChI is InChI=1S/C9H14N2O3S/c1-3-14-9-5-8(6-10-7-9)11-15(12,13)4-2/h5-7,11H,3-4H2,1-2H3. The van der Waals surface area contributed by atoms with Gasteiger partial charge in [0.05, 0.1) is 30.4 Å². The zero-order valence-corrected chi connectivity index (χ0v) is 9.54. The molecule has 0 unspecified atom stereocenters. The normalized spacial score (nSPS) is 11.1.